The molecule has 0 spiro atoms. The highest BCUT2D eigenvalue weighted by atomic mass is 32.2. The number of sulfonamides is 1. The fourth-order valence-electron chi connectivity index (χ4n) is 2.82. The van der Waals surface area contributed by atoms with Crippen LogP contribution >= 0.6 is 0 Å². The van der Waals surface area contributed by atoms with Crippen LogP contribution in [0.3, 0.4) is 0 Å². The third-order valence-corrected chi connectivity index (χ3v) is 6.52. The van der Waals surface area contributed by atoms with E-state index >= 15 is 0 Å². The molecule has 0 aliphatic heterocycles. The Morgan fingerprint density at radius 2 is 1.67 bits per heavy atom. The molecule has 0 aliphatic carbocycles. The molecule has 0 saturated carbocycles. The molecule has 0 fully saturated rings. The van der Waals surface area contributed by atoms with Gasteiger partial charge in [-0.25, -0.2) is 13.8 Å². The maximum absolute atomic E-state index is 13.2. The van der Waals surface area contributed by atoms with E-state index in [0.717, 1.165) is 24.1 Å². The minimum absolute atomic E-state index is 0.107. The zero-order valence-corrected chi connectivity index (χ0v) is 18.5. The van der Waals surface area contributed by atoms with Crippen molar-refractivity contribution in [2.75, 3.05) is 20.2 Å². The molecule has 1 amide bonds. The lowest BCUT2D eigenvalue weighted by atomic mass is 10.1. The van der Waals surface area contributed by atoms with E-state index in [1.54, 1.807) is 12.1 Å². The van der Waals surface area contributed by atoms with Crippen molar-refractivity contribution in [1.29, 1.82) is 0 Å². The minimum Gasteiger partial charge on any atom is -0.497 e. The van der Waals surface area contributed by atoms with Crippen LogP contribution in [0.15, 0.2) is 64.6 Å². The highest BCUT2D eigenvalue weighted by Crippen LogP contribution is 2.20. The average Bonchev–Trinajstić information content (AvgIpc) is 2.77. The molecule has 0 radical (unpaired) electrons. The maximum Gasteiger partial charge on any atom is 0.255 e. The Balaban J connectivity index is 2.22. The summed E-state index contributed by atoms with van der Waals surface area (Å²) in [5.74, 6) is 0.0862. The molecule has 2 rings (SSSR count). The Kier molecular flexibility index (Phi) is 9.01. The standard InChI is InChI=1S/C22H29N3O4S/c1-4-19(5-2)23-24-22(26)17-25(16-15-18-9-7-6-8-10-18)30(27,28)21-13-11-20(29-3)12-14-21/h6-14H,4-5,15-17H2,1-3H3,(H,24,26). The molecule has 8 heteroatoms. The van der Waals surface area contributed by atoms with Gasteiger partial charge in [-0.3, -0.25) is 4.79 Å². The van der Waals surface area contributed by atoms with E-state index < -0.39 is 15.9 Å². The predicted octanol–water partition coefficient (Wildman–Crippen LogP) is 3.22. The van der Waals surface area contributed by atoms with Crippen molar-refractivity contribution in [3.05, 3.63) is 60.2 Å². The van der Waals surface area contributed by atoms with E-state index in [1.165, 1.54) is 23.5 Å². The smallest absolute Gasteiger partial charge is 0.255 e. The van der Waals surface area contributed by atoms with E-state index in [0.29, 0.717) is 12.2 Å². The summed E-state index contributed by atoms with van der Waals surface area (Å²) in [5.41, 5.74) is 4.31. The number of rotatable bonds is 11. The van der Waals surface area contributed by atoms with E-state index in [-0.39, 0.29) is 18.0 Å². The number of amides is 1. The molecule has 0 saturated heterocycles. The Morgan fingerprint density at radius 3 is 2.23 bits per heavy atom. The summed E-state index contributed by atoms with van der Waals surface area (Å²) in [6.45, 7) is 3.76. The fraction of sp³-hybridized carbons (Fsp3) is 0.364. The van der Waals surface area contributed by atoms with E-state index in [9.17, 15) is 13.2 Å². The monoisotopic (exact) mass is 431 g/mol. The molecule has 1 N–H and O–H groups in total. The Bertz CT molecular complexity index is 936. The summed E-state index contributed by atoms with van der Waals surface area (Å²) < 4.78 is 32.7. The molecule has 2 aromatic carbocycles. The molecular weight excluding hydrogens is 402 g/mol. The van der Waals surface area contributed by atoms with Gasteiger partial charge in [-0.2, -0.15) is 9.41 Å². The quantitative estimate of drug-likeness (QED) is 0.437. The second-order valence-corrected chi connectivity index (χ2v) is 8.61. The van der Waals surface area contributed by atoms with Crippen molar-refractivity contribution in [3.8, 4) is 5.75 Å². The van der Waals surface area contributed by atoms with Crippen LogP contribution in [0.25, 0.3) is 0 Å². The summed E-state index contributed by atoms with van der Waals surface area (Å²) >= 11 is 0. The molecule has 0 heterocycles. The number of hydrazone groups is 1. The third kappa shape index (κ3) is 6.67. The van der Waals surface area contributed by atoms with Gasteiger partial charge < -0.3 is 4.74 Å². The van der Waals surface area contributed by atoms with E-state index in [1.807, 2.05) is 44.2 Å². The second kappa shape index (κ2) is 11.5. The van der Waals surface area contributed by atoms with Crippen LogP contribution in [0.1, 0.15) is 32.3 Å². The molecular formula is C22H29N3O4S. The number of carbonyl (C=O) groups excluding carboxylic acids is 1. The molecule has 0 bridgehead atoms. The van der Waals surface area contributed by atoms with Gasteiger partial charge in [0.1, 0.15) is 5.75 Å². The van der Waals surface area contributed by atoms with Gasteiger partial charge in [-0.05, 0) is 49.1 Å². The first kappa shape index (κ1) is 23.6. The number of carbonyl (C=O) groups is 1. The lowest BCUT2D eigenvalue weighted by Gasteiger charge is -2.21. The summed E-state index contributed by atoms with van der Waals surface area (Å²) in [5, 5.41) is 4.09. The summed E-state index contributed by atoms with van der Waals surface area (Å²) in [4.78, 5) is 12.5. The van der Waals surface area contributed by atoms with Gasteiger partial charge in [0, 0.05) is 12.3 Å². The molecule has 0 unspecified atom stereocenters. The summed E-state index contributed by atoms with van der Waals surface area (Å²) in [7, 11) is -2.36. The van der Waals surface area contributed by atoms with Gasteiger partial charge in [0.05, 0.1) is 18.6 Å². The van der Waals surface area contributed by atoms with Crippen LogP contribution in [0, 0.1) is 0 Å². The first-order valence-corrected chi connectivity index (χ1v) is 11.4. The highest BCUT2D eigenvalue weighted by Gasteiger charge is 2.26. The number of nitrogens with zero attached hydrogens (tertiary/aromatic N) is 2. The number of ether oxygens (including phenoxy) is 1. The summed E-state index contributed by atoms with van der Waals surface area (Å²) in [6.07, 6.45) is 1.93. The van der Waals surface area contributed by atoms with Crippen molar-refractivity contribution >= 4 is 21.6 Å². The van der Waals surface area contributed by atoms with Gasteiger partial charge in [-0.15, -0.1) is 0 Å². The third-order valence-electron chi connectivity index (χ3n) is 4.66. The second-order valence-electron chi connectivity index (χ2n) is 6.67. The number of hydrogen-bond acceptors (Lipinski definition) is 5. The largest absolute Gasteiger partial charge is 0.497 e. The number of hydrogen-bond donors (Lipinski definition) is 1. The molecule has 0 aliphatic rings. The molecule has 7 nitrogen and oxygen atoms in total. The molecule has 0 aromatic heterocycles. The van der Waals surface area contributed by atoms with Gasteiger partial charge in [0.2, 0.25) is 10.0 Å². The molecule has 2 aromatic rings. The van der Waals surface area contributed by atoms with E-state index in [2.05, 4.69) is 10.5 Å². The average molecular weight is 432 g/mol. The van der Waals surface area contributed by atoms with Crippen LogP contribution in [0.4, 0.5) is 0 Å². The molecule has 0 atom stereocenters. The van der Waals surface area contributed by atoms with Gasteiger partial charge in [-0.1, -0.05) is 44.2 Å². The molecule has 30 heavy (non-hydrogen) atoms. The minimum atomic E-state index is -3.87. The van der Waals surface area contributed by atoms with Gasteiger partial charge in [0.15, 0.2) is 0 Å². The summed E-state index contributed by atoms with van der Waals surface area (Å²) in [6, 6.07) is 15.7. The number of benzene rings is 2. The topological polar surface area (TPSA) is 88.1 Å². The normalized spacial score (nSPS) is 11.2. The van der Waals surface area contributed by atoms with Crippen LogP contribution in [-0.2, 0) is 21.2 Å². The van der Waals surface area contributed by atoms with Crippen molar-refractivity contribution in [3.63, 3.8) is 0 Å². The van der Waals surface area contributed by atoms with Crippen molar-refractivity contribution in [2.24, 2.45) is 5.10 Å². The SMILES string of the molecule is CCC(CC)=NNC(=O)CN(CCc1ccccc1)S(=O)(=O)c1ccc(OC)cc1. The van der Waals surface area contributed by atoms with Gasteiger partial charge >= 0.3 is 0 Å². The maximum atomic E-state index is 13.2. The van der Waals surface area contributed by atoms with Gasteiger partial charge in [0.25, 0.3) is 5.91 Å². The lowest BCUT2D eigenvalue weighted by Crippen LogP contribution is -2.40. The van der Waals surface area contributed by atoms with Crippen LogP contribution in [0.5, 0.6) is 5.75 Å². The van der Waals surface area contributed by atoms with Crippen molar-refractivity contribution < 1.29 is 17.9 Å². The number of nitrogens with one attached hydrogen (secondary N) is 1. The first-order chi connectivity index (χ1) is 14.4. The van der Waals surface area contributed by atoms with E-state index in [4.69, 9.17) is 4.74 Å². The van der Waals surface area contributed by atoms with Crippen molar-refractivity contribution in [1.82, 2.24) is 9.73 Å². The Morgan fingerprint density at radius 1 is 1.03 bits per heavy atom. The Labute approximate surface area is 178 Å². The first-order valence-electron chi connectivity index (χ1n) is 9.93. The zero-order valence-electron chi connectivity index (χ0n) is 17.7. The van der Waals surface area contributed by atoms with Crippen LogP contribution in [0.2, 0.25) is 0 Å². The van der Waals surface area contributed by atoms with Crippen molar-refractivity contribution in [2.45, 2.75) is 38.0 Å². The van der Waals surface area contributed by atoms with Crippen LogP contribution in [-0.4, -0.2) is 44.5 Å². The lowest BCUT2D eigenvalue weighted by molar-refractivity contribution is -0.121. The number of methoxy groups -OCH3 is 1. The zero-order chi connectivity index (χ0) is 22.0. The predicted molar refractivity (Wildman–Crippen MR) is 118 cm³/mol. The highest BCUT2D eigenvalue weighted by molar-refractivity contribution is 7.89. The molecule has 162 valence electrons. The Hall–Kier alpha value is -2.71. The fourth-order valence-corrected chi connectivity index (χ4v) is 4.22. The van der Waals surface area contributed by atoms with Crippen LogP contribution < -0.4 is 10.2 Å².